The molecule has 0 saturated heterocycles. The predicted molar refractivity (Wildman–Crippen MR) is 207 cm³/mol. The molecule has 1 fully saturated rings. The van der Waals surface area contributed by atoms with E-state index < -0.39 is 0 Å². The highest BCUT2D eigenvalue weighted by molar-refractivity contribution is 5.88. The van der Waals surface area contributed by atoms with E-state index in [1.807, 2.05) is 49.5 Å². The first-order valence-corrected chi connectivity index (χ1v) is 16.7. The molecule has 3 heteroatoms. The number of nitrogens with zero attached hydrogens (tertiary/aromatic N) is 1. The molecule has 1 heterocycles. The van der Waals surface area contributed by atoms with E-state index in [9.17, 15) is 9.90 Å². The lowest BCUT2D eigenvalue weighted by molar-refractivity contribution is -0.122. The van der Waals surface area contributed by atoms with Gasteiger partial charge >= 0.3 is 0 Å². The lowest BCUT2D eigenvalue weighted by Gasteiger charge is -2.26. The van der Waals surface area contributed by atoms with E-state index in [2.05, 4.69) is 110 Å². The molecule has 1 aromatic heterocycles. The van der Waals surface area contributed by atoms with E-state index in [-0.39, 0.29) is 16.9 Å². The number of aromatic hydroxyl groups is 1. The lowest BCUT2D eigenvalue weighted by Crippen LogP contribution is -2.30. The smallest absolute Gasteiger partial charge is 0.140 e. The Bertz CT molecular complexity index is 1760. The third-order valence-corrected chi connectivity index (χ3v) is 8.66. The van der Waals surface area contributed by atoms with E-state index in [0.29, 0.717) is 5.92 Å². The zero-order valence-corrected chi connectivity index (χ0v) is 29.4. The summed E-state index contributed by atoms with van der Waals surface area (Å²) in [6, 6.07) is 40.5. The summed E-state index contributed by atoms with van der Waals surface area (Å²) < 4.78 is 0. The number of pyridine rings is 1. The summed E-state index contributed by atoms with van der Waals surface area (Å²) in [5, 5.41) is 9.24. The number of hydrogen-bond donors (Lipinski definition) is 1. The average molecular weight is 648 g/mol. The van der Waals surface area contributed by atoms with Gasteiger partial charge in [-0.25, -0.2) is 0 Å². The van der Waals surface area contributed by atoms with Gasteiger partial charge in [-0.2, -0.15) is 0 Å². The number of hydrogen-bond acceptors (Lipinski definition) is 3. The maximum Gasteiger partial charge on any atom is 0.140 e. The molecular weight excluding hydrogens is 599 g/mol. The van der Waals surface area contributed by atoms with E-state index in [1.165, 1.54) is 27.8 Å². The number of carbonyl (C=O) groups excluding carboxylic acids is 1. The van der Waals surface area contributed by atoms with Gasteiger partial charge in [-0.15, -0.1) is 12.3 Å². The molecule has 0 amide bonds. The molecule has 4 aromatic carbocycles. The molecule has 1 N–H and O–H groups in total. The first-order chi connectivity index (χ1) is 23.6. The van der Waals surface area contributed by atoms with E-state index in [0.717, 1.165) is 42.4 Å². The van der Waals surface area contributed by atoms with Crippen LogP contribution in [0.15, 0.2) is 152 Å². The Morgan fingerprint density at radius 1 is 0.776 bits per heavy atom. The zero-order valence-electron chi connectivity index (χ0n) is 29.4. The highest BCUT2D eigenvalue weighted by atomic mass is 16.3. The van der Waals surface area contributed by atoms with Crippen LogP contribution in [0.2, 0.25) is 0 Å². The van der Waals surface area contributed by atoms with Gasteiger partial charge in [0.25, 0.3) is 0 Å². The maximum atomic E-state index is 11.8. The molecule has 0 spiro atoms. The Labute approximate surface area is 294 Å². The molecule has 250 valence electrons. The first kappa shape index (κ1) is 38.0. The number of allylic oxidation sites excluding steroid dienone is 2. The topological polar surface area (TPSA) is 50.2 Å². The van der Waals surface area contributed by atoms with Gasteiger partial charge in [0.2, 0.25) is 0 Å². The minimum atomic E-state index is -0.270. The Balaban J connectivity index is 0.000000191. The van der Waals surface area contributed by atoms with Crippen LogP contribution in [0.4, 0.5) is 0 Å². The molecule has 0 bridgehead atoms. The van der Waals surface area contributed by atoms with E-state index in [1.54, 1.807) is 32.2 Å². The monoisotopic (exact) mass is 647 g/mol. The van der Waals surface area contributed by atoms with Crippen molar-refractivity contribution in [1.29, 1.82) is 0 Å². The van der Waals surface area contributed by atoms with Crippen molar-refractivity contribution in [2.75, 3.05) is 0 Å². The summed E-state index contributed by atoms with van der Waals surface area (Å²) in [5.74, 6) is 3.07. The quantitative estimate of drug-likeness (QED) is 0.141. The Morgan fingerprint density at radius 3 is 1.76 bits per heavy atom. The van der Waals surface area contributed by atoms with Gasteiger partial charge < -0.3 is 5.11 Å². The summed E-state index contributed by atoms with van der Waals surface area (Å²) >= 11 is 0. The summed E-state index contributed by atoms with van der Waals surface area (Å²) in [5.41, 5.74) is 9.17. The number of ketones is 1. The molecular formula is C46H49NO2. The summed E-state index contributed by atoms with van der Waals surface area (Å²) in [6.45, 7) is 15.5. The predicted octanol–water partition coefficient (Wildman–Crippen LogP) is 11.6. The molecule has 0 atom stereocenters. The van der Waals surface area contributed by atoms with Gasteiger partial charge in [-0.05, 0) is 92.6 Å². The lowest BCUT2D eigenvalue weighted by atomic mass is 9.76. The molecule has 0 unspecified atom stereocenters. The third kappa shape index (κ3) is 11.1. The highest BCUT2D eigenvalue weighted by Gasteiger charge is 2.39. The molecule has 0 radical (unpaired) electrons. The van der Waals surface area contributed by atoms with Crippen LogP contribution in [0.5, 0.6) is 5.75 Å². The van der Waals surface area contributed by atoms with Crippen LogP contribution in [0.3, 0.4) is 0 Å². The highest BCUT2D eigenvalue weighted by Crippen LogP contribution is 2.42. The van der Waals surface area contributed by atoms with Crippen molar-refractivity contribution in [2.24, 2.45) is 0 Å². The van der Waals surface area contributed by atoms with E-state index >= 15 is 0 Å². The van der Waals surface area contributed by atoms with Crippen LogP contribution in [-0.2, 0) is 10.2 Å². The Morgan fingerprint density at radius 2 is 1.31 bits per heavy atom. The van der Waals surface area contributed by atoms with Crippen LogP contribution in [0.25, 0.3) is 16.7 Å². The second-order valence-electron chi connectivity index (χ2n) is 12.4. The van der Waals surface area contributed by atoms with Crippen LogP contribution in [0.1, 0.15) is 81.5 Å². The zero-order chi connectivity index (χ0) is 35.6. The van der Waals surface area contributed by atoms with Gasteiger partial charge in [0, 0.05) is 23.9 Å². The fourth-order valence-electron chi connectivity index (χ4n) is 6.15. The largest absolute Gasteiger partial charge is 0.508 e. The number of rotatable bonds is 7. The Hall–Kier alpha value is -5.46. The van der Waals surface area contributed by atoms with Crippen molar-refractivity contribution in [3.63, 3.8) is 0 Å². The van der Waals surface area contributed by atoms with Crippen molar-refractivity contribution >= 4 is 11.4 Å². The van der Waals surface area contributed by atoms with Crippen molar-refractivity contribution in [3.05, 3.63) is 175 Å². The third-order valence-electron chi connectivity index (χ3n) is 8.66. The van der Waals surface area contributed by atoms with Crippen molar-refractivity contribution in [3.8, 4) is 29.2 Å². The number of benzene rings is 4. The number of phenols is 1. The van der Waals surface area contributed by atoms with Crippen LogP contribution in [0, 0.1) is 12.3 Å². The first-order valence-electron chi connectivity index (χ1n) is 16.7. The normalized spacial score (nSPS) is 12.4. The van der Waals surface area contributed by atoms with Crippen LogP contribution >= 0.6 is 0 Å². The second kappa shape index (κ2) is 19.4. The number of Topliss-reactive ketones (excluding diaryl/α,β-unsaturated/α-hetero) is 1. The van der Waals surface area contributed by atoms with Gasteiger partial charge in [0.05, 0.1) is 5.41 Å². The minimum Gasteiger partial charge on any atom is -0.508 e. The number of carbonyl (C=O) groups is 1. The number of phenolic OH excluding ortho intramolecular Hbond substituents is 1. The number of aromatic nitrogens is 1. The van der Waals surface area contributed by atoms with Gasteiger partial charge in [-0.1, -0.05) is 134 Å². The van der Waals surface area contributed by atoms with Gasteiger partial charge in [0.1, 0.15) is 11.5 Å². The fraction of sp³-hybridized carbons (Fsp3) is 0.217. The molecule has 6 rings (SSSR count). The summed E-state index contributed by atoms with van der Waals surface area (Å²) in [7, 11) is 0. The molecule has 1 aliphatic carbocycles. The second-order valence-corrected chi connectivity index (χ2v) is 12.4. The average Bonchev–Trinajstić information content (AvgIpc) is 3.63. The van der Waals surface area contributed by atoms with Gasteiger partial charge in [0.15, 0.2) is 0 Å². The Kier molecular flexibility index (Phi) is 15.0. The molecule has 1 saturated carbocycles. The molecule has 3 nitrogen and oxygen atoms in total. The van der Waals surface area contributed by atoms with Crippen molar-refractivity contribution < 1.29 is 9.90 Å². The molecule has 1 aliphatic rings. The van der Waals surface area contributed by atoms with Crippen LogP contribution in [-0.4, -0.2) is 15.9 Å². The van der Waals surface area contributed by atoms with Crippen LogP contribution < -0.4 is 0 Å². The molecule has 0 aliphatic heterocycles. The molecule has 49 heavy (non-hydrogen) atoms. The fourth-order valence-corrected chi connectivity index (χ4v) is 6.15. The SMILES string of the molecule is C#CC.C=C(C)C(c1ccccc1)c1ccccc1.C=C(C)c1cccc(-c2cccnc2)c1.CC(=O)C1(c2ccc(O)cc2)CCCC1. The van der Waals surface area contributed by atoms with E-state index in [4.69, 9.17) is 0 Å². The summed E-state index contributed by atoms with van der Waals surface area (Å²) in [4.78, 5) is 15.9. The standard InChI is InChI=1S/C16H16.C14H13N.C13H16O2.C3H4/c1-13(2)16(14-9-5-3-6-10-14)15-11-7-4-8-12-15;1-11(2)12-5-3-6-13(9-12)14-7-4-8-15-10-14;1-10(14)13(8-2-3-9-13)11-4-6-12(15)7-5-11;1-3-2/h3-12,16H,1H2,2H3;3-10H,1H2,2H3;4-7,15H,2-3,8-9H2,1H3;1H,2H3. The summed E-state index contributed by atoms with van der Waals surface area (Å²) in [6.07, 6.45) is 12.4. The maximum absolute atomic E-state index is 11.8. The van der Waals surface area contributed by atoms with Crippen molar-refractivity contribution in [2.45, 2.75) is 64.7 Å². The minimum absolute atomic E-state index is 0.255. The van der Waals surface area contributed by atoms with Gasteiger partial charge in [-0.3, -0.25) is 9.78 Å². The van der Waals surface area contributed by atoms with Crippen molar-refractivity contribution in [1.82, 2.24) is 4.98 Å². The number of terminal acetylenes is 1. The molecule has 5 aromatic rings.